The van der Waals surface area contributed by atoms with Crippen LogP contribution in [0.2, 0.25) is 0 Å². The molecule has 1 aromatic rings. The number of hydrogen-bond donors (Lipinski definition) is 1. The van der Waals surface area contributed by atoms with E-state index in [1.807, 2.05) is 11.0 Å². The number of alkyl halides is 3. The lowest BCUT2D eigenvalue weighted by Crippen LogP contribution is -2.28. The first kappa shape index (κ1) is 13.1. The van der Waals surface area contributed by atoms with Gasteiger partial charge in [0.05, 0.1) is 17.8 Å². The van der Waals surface area contributed by atoms with Gasteiger partial charge >= 0.3 is 6.18 Å². The second-order valence-corrected chi connectivity index (χ2v) is 4.66. The van der Waals surface area contributed by atoms with Crippen molar-refractivity contribution in [1.82, 2.24) is 9.88 Å². The highest BCUT2D eigenvalue weighted by Gasteiger charge is 2.43. The van der Waals surface area contributed by atoms with Gasteiger partial charge < -0.3 is 10.6 Å². The quantitative estimate of drug-likeness (QED) is 0.903. The zero-order chi connectivity index (χ0) is 13.2. The highest BCUT2D eigenvalue weighted by Crippen LogP contribution is 2.33. The van der Waals surface area contributed by atoms with Gasteiger partial charge in [-0.3, -0.25) is 4.98 Å². The third kappa shape index (κ3) is 3.35. The molecule has 2 N–H and O–H groups in total. The monoisotopic (exact) mass is 259 g/mol. The van der Waals surface area contributed by atoms with E-state index in [2.05, 4.69) is 4.98 Å². The molecule has 0 saturated carbocycles. The van der Waals surface area contributed by atoms with Crippen molar-refractivity contribution in [2.45, 2.75) is 19.0 Å². The van der Waals surface area contributed by atoms with Gasteiger partial charge in [-0.15, -0.1) is 0 Å². The summed E-state index contributed by atoms with van der Waals surface area (Å²) in [6.45, 7) is 1.24. The first-order chi connectivity index (χ1) is 8.45. The maximum atomic E-state index is 12.5. The first-order valence-corrected chi connectivity index (χ1v) is 5.94. The minimum absolute atomic E-state index is 0.110. The fourth-order valence-corrected chi connectivity index (χ4v) is 2.16. The number of halogens is 3. The summed E-state index contributed by atoms with van der Waals surface area (Å²) < 4.78 is 37.5. The molecule has 2 heterocycles. The Labute approximate surface area is 104 Å². The molecular formula is C12H16F3N3. The van der Waals surface area contributed by atoms with Crippen LogP contribution in [0.4, 0.5) is 18.9 Å². The van der Waals surface area contributed by atoms with Crippen LogP contribution in [0, 0.1) is 5.92 Å². The highest BCUT2D eigenvalue weighted by molar-refractivity contribution is 5.34. The molecule has 0 bridgehead atoms. The van der Waals surface area contributed by atoms with E-state index in [9.17, 15) is 13.2 Å². The first-order valence-electron chi connectivity index (χ1n) is 5.94. The van der Waals surface area contributed by atoms with E-state index in [1.54, 1.807) is 12.3 Å². The molecule has 6 heteroatoms. The molecule has 1 aromatic heterocycles. The Balaban J connectivity index is 1.80. The van der Waals surface area contributed by atoms with Gasteiger partial charge in [0.25, 0.3) is 0 Å². The Kier molecular flexibility index (Phi) is 3.75. The molecule has 0 amide bonds. The topological polar surface area (TPSA) is 42.1 Å². The summed E-state index contributed by atoms with van der Waals surface area (Å²) in [4.78, 5) is 5.98. The lowest BCUT2D eigenvalue weighted by molar-refractivity contribution is -0.170. The van der Waals surface area contributed by atoms with Crippen molar-refractivity contribution in [1.29, 1.82) is 0 Å². The van der Waals surface area contributed by atoms with E-state index in [0.29, 0.717) is 25.2 Å². The van der Waals surface area contributed by atoms with E-state index in [4.69, 9.17) is 5.73 Å². The predicted molar refractivity (Wildman–Crippen MR) is 63.0 cm³/mol. The SMILES string of the molecule is Nc1ccc(CCN2CCC(C(F)(F)F)C2)nc1. The van der Waals surface area contributed by atoms with Gasteiger partial charge in [-0.2, -0.15) is 13.2 Å². The molecule has 100 valence electrons. The predicted octanol–water partition coefficient (Wildman–Crippen LogP) is 2.09. The lowest BCUT2D eigenvalue weighted by atomic mass is 10.1. The van der Waals surface area contributed by atoms with E-state index < -0.39 is 12.1 Å². The van der Waals surface area contributed by atoms with Crippen LogP contribution in [0.5, 0.6) is 0 Å². The normalized spacial score (nSPS) is 21.4. The summed E-state index contributed by atoms with van der Waals surface area (Å²) in [7, 11) is 0. The summed E-state index contributed by atoms with van der Waals surface area (Å²) in [5.74, 6) is -1.17. The number of nitrogens with zero attached hydrogens (tertiary/aromatic N) is 2. The van der Waals surface area contributed by atoms with Crippen molar-refractivity contribution in [3.63, 3.8) is 0 Å². The number of rotatable bonds is 3. The van der Waals surface area contributed by atoms with Gasteiger partial charge in [0, 0.05) is 25.2 Å². The van der Waals surface area contributed by atoms with Gasteiger partial charge in [-0.05, 0) is 25.1 Å². The van der Waals surface area contributed by atoms with Crippen LogP contribution < -0.4 is 5.73 Å². The number of anilines is 1. The number of hydrogen-bond acceptors (Lipinski definition) is 3. The highest BCUT2D eigenvalue weighted by atomic mass is 19.4. The lowest BCUT2D eigenvalue weighted by Gasteiger charge is -2.17. The van der Waals surface area contributed by atoms with Crippen molar-refractivity contribution in [3.05, 3.63) is 24.0 Å². The van der Waals surface area contributed by atoms with E-state index in [1.165, 1.54) is 0 Å². The van der Waals surface area contributed by atoms with Gasteiger partial charge in [0.1, 0.15) is 0 Å². The van der Waals surface area contributed by atoms with Crippen LogP contribution >= 0.6 is 0 Å². The molecule has 3 nitrogen and oxygen atoms in total. The number of pyridine rings is 1. The van der Waals surface area contributed by atoms with Crippen molar-refractivity contribution in [2.75, 3.05) is 25.4 Å². The maximum absolute atomic E-state index is 12.5. The molecule has 1 unspecified atom stereocenters. The van der Waals surface area contributed by atoms with Crippen molar-refractivity contribution < 1.29 is 13.2 Å². The van der Waals surface area contributed by atoms with Crippen molar-refractivity contribution in [3.8, 4) is 0 Å². The summed E-state index contributed by atoms with van der Waals surface area (Å²) in [6, 6.07) is 3.57. The Hall–Kier alpha value is -1.30. The second kappa shape index (κ2) is 5.14. The molecule has 1 aliphatic rings. The maximum Gasteiger partial charge on any atom is 0.393 e. The number of nitrogen functional groups attached to an aromatic ring is 1. The smallest absolute Gasteiger partial charge is 0.393 e. The molecule has 1 fully saturated rings. The summed E-state index contributed by atoms with van der Waals surface area (Å²) in [5.41, 5.74) is 6.97. The Morgan fingerprint density at radius 2 is 2.17 bits per heavy atom. The standard InChI is InChI=1S/C12H16F3N3/c13-12(14,15)9-3-5-18(8-9)6-4-11-2-1-10(16)7-17-11/h1-2,7,9H,3-6,8,16H2. The number of likely N-dealkylation sites (tertiary alicyclic amines) is 1. The molecule has 1 aliphatic heterocycles. The van der Waals surface area contributed by atoms with Gasteiger partial charge in [0.15, 0.2) is 0 Å². The largest absolute Gasteiger partial charge is 0.397 e. The van der Waals surface area contributed by atoms with E-state index in [-0.39, 0.29) is 13.0 Å². The average Bonchev–Trinajstić information content (AvgIpc) is 2.77. The molecule has 1 atom stereocenters. The fraction of sp³-hybridized carbons (Fsp3) is 0.583. The van der Waals surface area contributed by atoms with Crippen LogP contribution in [-0.2, 0) is 6.42 Å². The van der Waals surface area contributed by atoms with Gasteiger partial charge in [-0.1, -0.05) is 0 Å². The Morgan fingerprint density at radius 3 is 2.72 bits per heavy atom. The number of aromatic nitrogens is 1. The molecule has 1 saturated heterocycles. The third-order valence-corrected chi connectivity index (χ3v) is 3.27. The third-order valence-electron chi connectivity index (χ3n) is 3.27. The molecule has 0 aliphatic carbocycles. The van der Waals surface area contributed by atoms with Crippen LogP contribution in [-0.4, -0.2) is 35.7 Å². The fourth-order valence-electron chi connectivity index (χ4n) is 2.16. The second-order valence-electron chi connectivity index (χ2n) is 4.66. The molecule has 18 heavy (non-hydrogen) atoms. The average molecular weight is 259 g/mol. The van der Waals surface area contributed by atoms with E-state index in [0.717, 1.165) is 5.69 Å². The zero-order valence-electron chi connectivity index (χ0n) is 9.95. The molecule has 2 rings (SSSR count). The minimum Gasteiger partial charge on any atom is -0.397 e. The summed E-state index contributed by atoms with van der Waals surface area (Å²) in [5, 5.41) is 0. The van der Waals surface area contributed by atoms with Crippen LogP contribution in [0.15, 0.2) is 18.3 Å². The number of nitrogens with two attached hydrogens (primary N) is 1. The minimum atomic E-state index is -4.06. The van der Waals surface area contributed by atoms with E-state index >= 15 is 0 Å². The Bertz CT molecular complexity index is 389. The summed E-state index contributed by atoms with van der Waals surface area (Å²) >= 11 is 0. The molecule has 0 radical (unpaired) electrons. The molecule has 0 aromatic carbocycles. The van der Waals surface area contributed by atoms with Crippen molar-refractivity contribution in [2.24, 2.45) is 5.92 Å². The van der Waals surface area contributed by atoms with Crippen molar-refractivity contribution >= 4 is 5.69 Å². The Morgan fingerprint density at radius 1 is 1.39 bits per heavy atom. The van der Waals surface area contributed by atoms with Gasteiger partial charge in [-0.25, -0.2) is 0 Å². The summed E-state index contributed by atoms with van der Waals surface area (Å²) in [6.07, 6.45) is -1.63. The zero-order valence-corrected chi connectivity index (χ0v) is 9.95. The van der Waals surface area contributed by atoms with Crippen LogP contribution in [0.1, 0.15) is 12.1 Å². The van der Waals surface area contributed by atoms with Crippen LogP contribution in [0.25, 0.3) is 0 Å². The molecular weight excluding hydrogens is 243 g/mol. The van der Waals surface area contributed by atoms with Crippen LogP contribution in [0.3, 0.4) is 0 Å². The molecule has 0 spiro atoms. The van der Waals surface area contributed by atoms with Gasteiger partial charge in [0.2, 0.25) is 0 Å².